The summed E-state index contributed by atoms with van der Waals surface area (Å²) >= 11 is 0. The van der Waals surface area contributed by atoms with Crippen molar-refractivity contribution < 1.29 is 13.2 Å². The Bertz CT molecular complexity index is 832. The van der Waals surface area contributed by atoms with E-state index in [0.717, 1.165) is 16.5 Å². The number of benzene rings is 1. The molecule has 0 fully saturated rings. The Balaban J connectivity index is 2.07. The number of nitrogens with one attached hydrogen (secondary N) is 2. The van der Waals surface area contributed by atoms with Gasteiger partial charge in [0.2, 0.25) is 10.0 Å². The highest BCUT2D eigenvalue weighted by Crippen LogP contribution is 2.18. The fourth-order valence-corrected chi connectivity index (χ4v) is 2.82. The number of fused-ring (bicyclic) bond motifs is 1. The van der Waals surface area contributed by atoms with Crippen LogP contribution in [0.15, 0.2) is 24.3 Å². The molecule has 2 N–H and O–H groups in total. The molecule has 0 aliphatic heterocycles. The van der Waals surface area contributed by atoms with E-state index in [0.29, 0.717) is 11.3 Å². The molecule has 0 atom stereocenters. The van der Waals surface area contributed by atoms with Gasteiger partial charge >= 0.3 is 0 Å². The molecule has 0 bridgehead atoms. The van der Waals surface area contributed by atoms with E-state index in [1.807, 2.05) is 31.2 Å². The van der Waals surface area contributed by atoms with Gasteiger partial charge in [0.15, 0.2) is 0 Å². The molecule has 0 radical (unpaired) electrons. The Morgan fingerprint density at radius 1 is 1.17 bits per heavy atom. The molecule has 23 heavy (non-hydrogen) atoms. The fourth-order valence-electron chi connectivity index (χ4n) is 2.20. The van der Waals surface area contributed by atoms with Crippen molar-refractivity contribution in [2.75, 3.05) is 18.8 Å². The Kier molecular flexibility index (Phi) is 5.33. The van der Waals surface area contributed by atoms with Crippen LogP contribution in [0.1, 0.15) is 28.5 Å². The van der Waals surface area contributed by atoms with Crippen molar-refractivity contribution in [3.05, 3.63) is 41.1 Å². The first-order valence-corrected chi connectivity index (χ1v) is 9.11. The lowest BCUT2D eigenvalue weighted by Crippen LogP contribution is -2.35. The van der Waals surface area contributed by atoms with E-state index in [-0.39, 0.29) is 24.7 Å². The molecule has 0 saturated heterocycles. The first kappa shape index (κ1) is 17.4. The quantitative estimate of drug-likeness (QED) is 0.784. The van der Waals surface area contributed by atoms with Crippen molar-refractivity contribution in [2.45, 2.75) is 20.8 Å². The molecule has 0 spiro atoms. The lowest BCUT2D eigenvalue weighted by atomic mass is 10.1. The van der Waals surface area contributed by atoms with Crippen molar-refractivity contribution in [1.29, 1.82) is 0 Å². The Morgan fingerprint density at radius 2 is 1.91 bits per heavy atom. The number of carbonyl (C=O) groups excluding carboxylic acids is 1. The number of carbonyl (C=O) groups is 1. The largest absolute Gasteiger partial charge is 0.351 e. The van der Waals surface area contributed by atoms with Gasteiger partial charge in [0.1, 0.15) is 0 Å². The predicted molar refractivity (Wildman–Crippen MR) is 91.0 cm³/mol. The number of sulfonamides is 1. The zero-order valence-electron chi connectivity index (χ0n) is 13.5. The van der Waals surface area contributed by atoms with Crippen LogP contribution in [-0.4, -0.2) is 38.2 Å². The van der Waals surface area contributed by atoms with Gasteiger partial charge in [-0.3, -0.25) is 9.78 Å². The van der Waals surface area contributed by atoms with Crippen molar-refractivity contribution in [3.8, 4) is 0 Å². The number of aryl methyl sites for hydroxylation is 2. The maximum Gasteiger partial charge on any atom is 0.253 e. The third-order valence-electron chi connectivity index (χ3n) is 3.52. The second kappa shape index (κ2) is 7.06. The van der Waals surface area contributed by atoms with Gasteiger partial charge in [0.05, 0.1) is 22.5 Å². The number of nitrogens with zero attached hydrogens (tertiary/aromatic N) is 1. The standard InChI is InChI=1S/C16H21N3O3S/c1-4-23(21,22)18-8-7-17-16(20)14-10-13-9-11(2)5-6-15(13)19-12(14)3/h5-6,9-10,18H,4,7-8H2,1-3H3,(H,17,20). The number of aromatic nitrogens is 1. The monoisotopic (exact) mass is 335 g/mol. The molecule has 6 nitrogen and oxygen atoms in total. The van der Waals surface area contributed by atoms with Gasteiger partial charge in [0, 0.05) is 18.5 Å². The van der Waals surface area contributed by atoms with Crippen molar-refractivity contribution in [2.24, 2.45) is 0 Å². The molecule has 7 heteroatoms. The van der Waals surface area contributed by atoms with Gasteiger partial charge < -0.3 is 5.32 Å². The van der Waals surface area contributed by atoms with Gasteiger partial charge in [-0.2, -0.15) is 0 Å². The minimum Gasteiger partial charge on any atom is -0.351 e. The Hall–Kier alpha value is -1.99. The molecule has 1 amide bonds. The molecule has 0 unspecified atom stereocenters. The van der Waals surface area contributed by atoms with Gasteiger partial charge in [0.25, 0.3) is 5.91 Å². The molecule has 124 valence electrons. The summed E-state index contributed by atoms with van der Waals surface area (Å²) in [6.45, 7) is 5.73. The first-order chi connectivity index (χ1) is 10.8. The van der Waals surface area contributed by atoms with Crippen molar-refractivity contribution in [3.63, 3.8) is 0 Å². The highest BCUT2D eigenvalue weighted by atomic mass is 32.2. The SMILES string of the molecule is CCS(=O)(=O)NCCNC(=O)c1cc2cc(C)ccc2nc1C. The van der Waals surface area contributed by atoms with Gasteiger partial charge in [-0.25, -0.2) is 13.1 Å². The van der Waals surface area contributed by atoms with Crippen LogP contribution in [0.3, 0.4) is 0 Å². The van der Waals surface area contributed by atoms with Crippen LogP contribution in [0.5, 0.6) is 0 Å². The van der Waals surface area contributed by atoms with Gasteiger partial charge in [-0.1, -0.05) is 11.6 Å². The van der Waals surface area contributed by atoms with E-state index in [1.54, 1.807) is 13.8 Å². The van der Waals surface area contributed by atoms with Gasteiger partial charge in [-0.05, 0) is 39.0 Å². The van der Waals surface area contributed by atoms with E-state index in [2.05, 4.69) is 15.0 Å². The number of rotatable bonds is 6. The van der Waals surface area contributed by atoms with Crippen LogP contribution in [0.25, 0.3) is 10.9 Å². The van der Waals surface area contributed by atoms with E-state index < -0.39 is 10.0 Å². The lowest BCUT2D eigenvalue weighted by molar-refractivity contribution is 0.0953. The zero-order chi connectivity index (χ0) is 17.0. The molecule has 2 aromatic rings. The maximum atomic E-state index is 12.3. The molecule has 2 rings (SSSR count). The number of amides is 1. The molecule has 0 saturated carbocycles. The topological polar surface area (TPSA) is 88.2 Å². The van der Waals surface area contributed by atoms with Crippen LogP contribution in [-0.2, 0) is 10.0 Å². The number of hydrogen-bond acceptors (Lipinski definition) is 4. The molecule has 1 aromatic carbocycles. The molecule has 1 heterocycles. The smallest absolute Gasteiger partial charge is 0.253 e. The zero-order valence-corrected chi connectivity index (χ0v) is 14.3. The van der Waals surface area contributed by atoms with Crippen LogP contribution < -0.4 is 10.0 Å². The summed E-state index contributed by atoms with van der Waals surface area (Å²) in [6, 6.07) is 7.71. The minimum atomic E-state index is -3.24. The number of hydrogen-bond donors (Lipinski definition) is 2. The van der Waals surface area contributed by atoms with Crippen LogP contribution in [0, 0.1) is 13.8 Å². The normalized spacial score (nSPS) is 11.6. The molecule has 0 aliphatic rings. The predicted octanol–water partition coefficient (Wildman–Crippen LogP) is 1.52. The van der Waals surface area contributed by atoms with E-state index in [1.165, 1.54) is 0 Å². The van der Waals surface area contributed by atoms with E-state index in [4.69, 9.17) is 0 Å². The van der Waals surface area contributed by atoms with Crippen molar-refractivity contribution >= 4 is 26.8 Å². The van der Waals surface area contributed by atoms with Crippen LogP contribution in [0.4, 0.5) is 0 Å². The third kappa shape index (κ3) is 4.49. The number of pyridine rings is 1. The summed E-state index contributed by atoms with van der Waals surface area (Å²) in [5.41, 5.74) is 3.10. The van der Waals surface area contributed by atoms with Crippen LogP contribution in [0.2, 0.25) is 0 Å². The molecular formula is C16H21N3O3S. The fraction of sp³-hybridized carbons (Fsp3) is 0.375. The summed E-state index contributed by atoms with van der Waals surface area (Å²) in [5, 5.41) is 3.62. The molecule has 1 aromatic heterocycles. The highest BCUT2D eigenvalue weighted by molar-refractivity contribution is 7.89. The minimum absolute atomic E-state index is 0.0218. The second-order valence-electron chi connectivity index (χ2n) is 5.37. The highest BCUT2D eigenvalue weighted by Gasteiger charge is 2.12. The Morgan fingerprint density at radius 3 is 2.61 bits per heavy atom. The molecule has 0 aliphatic carbocycles. The third-order valence-corrected chi connectivity index (χ3v) is 4.92. The lowest BCUT2D eigenvalue weighted by Gasteiger charge is -2.10. The summed E-state index contributed by atoms with van der Waals surface area (Å²) < 4.78 is 25.0. The first-order valence-electron chi connectivity index (χ1n) is 7.46. The van der Waals surface area contributed by atoms with E-state index in [9.17, 15) is 13.2 Å². The van der Waals surface area contributed by atoms with Crippen LogP contribution >= 0.6 is 0 Å². The molecular weight excluding hydrogens is 314 g/mol. The van der Waals surface area contributed by atoms with Crippen molar-refractivity contribution in [1.82, 2.24) is 15.0 Å². The second-order valence-corrected chi connectivity index (χ2v) is 7.47. The summed E-state index contributed by atoms with van der Waals surface area (Å²) in [5.74, 6) is -0.234. The summed E-state index contributed by atoms with van der Waals surface area (Å²) in [7, 11) is -3.24. The maximum absolute atomic E-state index is 12.3. The average Bonchev–Trinajstić information content (AvgIpc) is 2.51. The summed E-state index contributed by atoms with van der Waals surface area (Å²) in [6.07, 6.45) is 0. The van der Waals surface area contributed by atoms with E-state index >= 15 is 0 Å². The average molecular weight is 335 g/mol. The summed E-state index contributed by atoms with van der Waals surface area (Å²) in [4.78, 5) is 16.7. The Labute approximate surface area is 136 Å². The van der Waals surface area contributed by atoms with Gasteiger partial charge in [-0.15, -0.1) is 0 Å².